The number of aliphatic carboxylic acids is 1. The monoisotopic (exact) mass is 229 g/mol. The van der Waals surface area contributed by atoms with Crippen LogP contribution in [0.2, 0.25) is 0 Å². The van der Waals surface area contributed by atoms with E-state index in [1.807, 2.05) is 18.7 Å². The number of rotatable bonds is 2. The van der Waals surface area contributed by atoms with E-state index in [0.29, 0.717) is 6.04 Å². The van der Waals surface area contributed by atoms with Crippen LogP contribution in [-0.2, 0) is 4.79 Å². The van der Waals surface area contributed by atoms with E-state index in [4.69, 9.17) is 5.11 Å². The topological polar surface area (TPSA) is 40.5 Å². The van der Waals surface area contributed by atoms with Crippen LogP contribution in [0.1, 0.15) is 26.2 Å². The lowest BCUT2D eigenvalue weighted by atomic mass is 9.90. The molecule has 3 nitrogen and oxygen atoms in total. The van der Waals surface area contributed by atoms with E-state index in [1.54, 1.807) is 0 Å². The number of nitrogens with zero attached hydrogens (tertiary/aromatic N) is 1. The van der Waals surface area contributed by atoms with Crippen LogP contribution < -0.4 is 0 Å². The molecule has 2 aliphatic heterocycles. The fourth-order valence-electron chi connectivity index (χ4n) is 2.53. The molecule has 4 heteroatoms. The number of hydrogen-bond donors (Lipinski definition) is 1. The van der Waals surface area contributed by atoms with Gasteiger partial charge in [-0.05, 0) is 44.2 Å². The summed E-state index contributed by atoms with van der Waals surface area (Å²) in [6.45, 7) is 3.60. The van der Waals surface area contributed by atoms with Gasteiger partial charge in [0, 0.05) is 12.6 Å². The summed E-state index contributed by atoms with van der Waals surface area (Å²) in [6.07, 6.45) is 3.28. The number of carboxylic acids is 1. The van der Waals surface area contributed by atoms with E-state index < -0.39 is 11.4 Å². The highest BCUT2D eigenvalue weighted by molar-refractivity contribution is 7.99. The molecule has 0 aliphatic carbocycles. The van der Waals surface area contributed by atoms with Crippen LogP contribution in [0.15, 0.2) is 0 Å². The average Bonchev–Trinajstić information content (AvgIpc) is 2.64. The van der Waals surface area contributed by atoms with E-state index in [-0.39, 0.29) is 0 Å². The Hall–Kier alpha value is -0.220. The van der Waals surface area contributed by atoms with Crippen LogP contribution in [-0.4, -0.2) is 46.6 Å². The maximum atomic E-state index is 11.1. The summed E-state index contributed by atoms with van der Waals surface area (Å²) in [5.41, 5.74) is -0.495. The molecule has 0 bridgehead atoms. The number of carboxylic acid groups (broad SMARTS) is 1. The highest BCUT2D eigenvalue weighted by Crippen LogP contribution is 2.34. The van der Waals surface area contributed by atoms with Crippen LogP contribution in [0, 0.1) is 5.41 Å². The highest BCUT2D eigenvalue weighted by Gasteiger charge is 2.42. The van der Waals surface area contributed by atoms with Crippen molar-refractivity contribution in [3.63, 3.8) is 0 Å². The maximum absolute atomic E-state index is 11.1. The van der Waals surface area contributed by atoms with Gasteiger partial charge in [-0.3, -0.25) is 9.69 Å². The first-order valence-electron chi connectivity index (χ1n) is 5.67. The third-order valence-corrected chi connectivity index (χ3v) is 4.78. The number of thioether (sulfide) groups is 1. The predicted octanol–water partition coefficient (Wildman–Crippen LogP) is 1.68. The minimum atomic E-state index is -0.629. The molecule has 1 N–H and O–H groups in total. The lowest BCUT2D eigenvalue weighted by molar-refractivity contribution is -0.147. The Labute approximate surface area is 95.2 Å². The Kier molecular flexibility index (Phi) is 3.26. The Balaban J connectivity index is 1.94. The van der Waals surface area contributed by atoms with Crippen LogP contribution in [0.25, 0.3) is 0 Å². The molecule has 0 saturated carbocycles. The van der Waals surface area contributed by atoms with Crippen LogP contribution in [0.5, 0.6) is 0 Å². The Bertz CT molecular complexity index is 253. The van der Waals surface area contributed by atoms with Crippen LogP contribution in [0.3, 0.4) is 0 Å². The van der Waals surface area contributed by atoms with Crippen molar-refractivity contribution in [2.75, 3.05) is 24.6 Å². The summed E-state index contributed by atoms with van der Waals surface area (Å²) in [4.78, 5) is 13.5. The third kappa shape index (κ3) is 2.31. The van der Waals surface area contributed by atoms with Gasteiger partial charge in [-0.2, -0.15) is 11.8 Å². The van der Waals surface area contributed by atoms with E-state index >= 15 is 0 Å². The largest absolute Gasteiger partial charge is 0.481 e. The van der Waals surface area contributed by atoms with Gasteiger partial charge < -0.3 is 5.11 Å². The highest BCUT2D eigenvalue weighted by atomic mass is 32.2. The van der Waals surface area contributed by atoms with Gasteiger partial charge in [0.2, 0.25) is 0 Å². The minimum Gasteiger partial charge on any atom is -0.481 e. The van der Waals surface area contributed by atoms with Gasteiger partial charge in [-0.15, -0.1) is 0 Å². The van der Waals surface area contributed by atoms with Gasteiger partial charge in [0.25, 0.3) is 0 Å². The SMILES string of the molecule is CC1(C(=O)O)CCN(C2CCSCC2)C1. The van der Waals surface area contributed by atoms with Crippen molar-refractivity contribution >= 4 is 17.7 Å². The Morgan fingerprint density at radius 3 is 2.67 bits per heavy atom. The normalized spacial score (nSPS) is 34.5. The van der Waals surface area contributed by atoms with Crippen molar-refractivity contribution in [2.45, 2.75) is 32.2 Å². The molecule has 2 heterocycles. The molecule has 86 valence electrons. The molecule has 2 aliphatic rings. The molecule has 2 rings (SSSR count). The van der Waals surface area contributed by atoms with E-state index in [2.05, 4.69) is 4.90 Å². The van der Waals surface area contributed by atoms with Crippen molar-refractivity contribution in [3.8, 4) is 0 Å². The van der Waals surface area contributed by atoms with Gasteiger partial charge in [0.15, 0.2) is 0 Å². The van der Waals surface area contributed by atoms with Crippen LogP contribution >= 0.6 is 11.8 Å². The quantitative estimate of drug-likeness (QED) is 0.782. The van der Waals surface area contributed by atoms with E-state index in [0.717, 1.165) is 19.5 Å². The first kappa shape index (κ1) is 11.3. The molecular weight excluding hydrogens is 210 g/mol. The standard InChI is InChI=1S/C11H19NO2S/c1-11(10(13)14)4-5-12(8-11)9-2-6-15-7-3-9/h9H,2-8H2,1H3,(H,13,14). The molecule has 1 atom stereocenters. The molecular formula is C11H19NO2S. The van der Waals surface area contributed by atoms with E-state index in [1.165, 1.54) is 24.3 Å². The second kappa shape index (κ2) is 4.34. The van der Waals surface area contributed by atoms with Crippen molar-refractivity contribution in [2.24, 2.45) is 5.41 Å². The fourth-order valence-corrected chi connectivity index (χ4v) is 3.61. The van der Waals surface area contributed by atoms with Crippen molar-refractivity contribution in [3.05, 3.63) is 0 Å². The zero-order valence-corrected chi connectivity index (χ0v) is 10.1. The lowest BCUT2D eigenvalue weighted by Gasteiger charge is -2.31. The average molecular weight is 229 g/mol. The number of likely N-dealkylation sites (tertiary alicyclic amines) is 1. The van der Waals surface area contributed by atoms with Crippen molar-refractivity contribution in [1.29, 1.82) is 0 Å². The third-order valence-electron chi connectivity index (χ3n) is 3.73. The molecule has 0 radical (unpaired) electrons. The summed E-state index contributed by atoms with van der Waals surface area (Å²) in [7, 11) is 0. The summed E-state index contributed by atoms with van der Waals surface area (Å²) in [5, 5.41) is 9.16. The zero-order valence-electron chi connectivity index (χ0n) is 9.24. The zero-order chi connectivity index (χ0) is 10.9. The molecule has 2 saturated heterocycles. The Morgan fingerprint density at radius 1 is 1.47 bits per heavy atom. The fraction of sp³-hybridized carbons (Fsp3) is 0.909. The number of carbonyl (C=O) groups is 1. The lowest BCUT2D eigenvalue weighted by Crippen LogP contribution is -2.39. The first-order chi connectivity index (χ1) is 7.12. The van der Waals surface area contributed by atoms with Gasteiger partial charge in [-0.1, -0.05) is 0 Å². The smallest absolute Gasteiger partial charge is 0.310 e. The molecule has 0 spiro atoms. The Morgan fingerprint density at radius 2 is 2.13 bits per heavy atom. The van der Waals surface area contributed by atoms with Gasteiger partial charge in [0.1, 0.15) is 0 Å². The summed E-state index contributed by atoms with van der Waals surface area (Å²) >= 11 is 2.02. The van der Waals surface area contributed by atoms with Crippen molar-refractivity contribution in [1.82, 2.24) is 4.90 Å². The maximum Gasteiger partial charge on any atom is 0.310 e. The van der Waals surface area contributed by atoms with Crippen LogP contribution in [0.4, 0.5) is 0 Å². The van der Waals surface area contributed by atoms with Gasteiger partial charge in [0.05, 0.1) is 5.41 Å². The van der Waals surface area contributed by atoms with Crippen molar-refractivity contribution < 1.29 is 9.90 Å². The molecule has 0 aromatic carbocycles. The second-order valence-corrected chi connectivity index (χ2v) is 6.15. The molecule has 0 aromatic rings. The van der Waals surface area contributed by atoms with Gasteiger partial charge in [-0.25, -0.2) is 0 Å². The van der Waals surface area contributed by atoms with E-state index in [9.17, 15) is 4.79 Å². The number of hydrogen-bond acceptors (Lipinski definition) is 3. The summed E-state index contributed by atoms with van der Waals surface area (Å²) < 4.78 is 0. The predicted molar refractivity (Wildman–Crippen MR) is 62.3 cm³/mol. The molecule has 0 aromatic heterocycles. The first-order valence-corrected chi connectivity index (χ1v) is 6.82. The molecule has 0 amide bonds. The molecule has 2 fully saturated rings. The summed E-state index contributed by atoms with van der Waals surface area (Å²) in [6, 6.07) is 0.646. The molecule has 15 heavy (non-hydrogen) atoms. The minimum absolute atomic E-state index is 0.495. The summed E-state index contributed by atoms with van der Waals surface area (Å²) in [5.74, 6) is 1.85. The van der Waals surface area contributed by atoms with Gasteiger partial charge >= 0.3 is 5.97 Å². The second-order valence-electron chi connectivity index (χ2n) is 4.93. The molecule has 1 unspecified atom stereocenters.